The minimum Gasteiger partial charge on any atom is -0.313 e. The van der Waals surface area contributed by atoms with Gasteiger partial charge in [0.25, 0.3) is 0 Å². The van der Waals surface area contributed by atoms with E-state index in [2.05, 4.69) is 20.8 Å². The Balaban J connectivity index is 1.91. The normalized spacial score (nSPS) is 16.4. The van der Waals surface area contributed by atoms with Crippen LogP contribution in [0.1, 0.15) is 37.4 Å². The molecule has 1 unspecified atom stereocenters. The maximum atomic E-state index is 13.5. The summed E-state index contributed by atoms with van der Waals surface area (Å²) in [5.41, 5.74) is 0.919. The molecule has 0 radical (unpaired) electrons. The summed E-state index contributed by atoms with van der Waals surface area (Å²) in [5.74, 6) is -0.228. The van der Waals surface area contributed by atoms with Gasteiger partial charge >= 0.3 is 0 Å². The average molecular weight is 293 g/mol. The van der Waals surface area contributed by atoms with E-state index in [4.69, 9.17) is 0 Å². The lowest BCUT2D eigenvalue weighted by Gasteiger charge is -2.15. The van der Waals surface area contributed by atoms with E-state index in [1.165, 1.54) is 17.8 Å². The van der Waals surface area contributed by atoms with Crippen molar-refractivity contribution in [1.82, 2.24) is 25.5 Å². The fourth-order valence-electron chi connectivity index (χ4n) is 2.01. The van der Waals surface area contributed by atoms with Crippen LogP contribution >= 0.6 is 11.8 Å². The number of halogens is 1. The van der Waals surface area contributed by atoms with Crippen molar-refractivity contribution in [2.45, 2.75) is 41.9 Å². The Bertz CT molecular complexity index is 611. The van der Waals surface area contributed by atoms with Gasteiger partial charge in [0.2, 0.25) is 5.16 Å². The number of hydrogen-bond acceptors (Lipinski definition) is 5. The Hall–Kier alpha value is -1.47. The van der Waals surface area contributed by atoms with Crippen LogP contribution in [0, 0.1) is 5.82 Å². The molecule has 0 amide bonds. The Morgan fingerprint density at radius 2 is 2.25 bits per heavy atom. The second-order valence-electron chi connectivity index (χ2n) is 4.93. The summed E-state index contributed by atoms with van der Waals surface area (Å²) in [4.78, 5) is 0.977. The first-order chi connectivity index (χ1) is 9.69. The van der Waals surface area contributed by atoms with Crippen LogP contribution < -0.4 is 5.32 Å². The maximum absolute atomic E-state index is 13.5. The topological polar surface area (TPSA) is 55.6 Å². The van der Waals surface area contributed by atoms with Gasteiger partial charge in [-0.1, -0.05) is 0 Å². The highest BCUT2D eigenvalue weighted by atomic mass is 32.2. The minimum atomic E-state index is -0.228. The third-order valence-electron chi connectivity index (χ3n) is 3.43. The van der Waals surface area contributed by atoms with Gasteiger partial charge in [0.05, 0.1) is 6.04 Å². The molecule has 2 aromatic rings. The predicted octanol–water partition coefficient (Wildman–Crippen LogP) is 2.58. The molecule has 0 aliphatic heterocycles. The maximum Gasteiger partial charge on any atom is 0.214 e. The molecule has 1 aliphatic rings. The number of nitrogens with zero attached hydrogens (tertiary/aromatic N) is 4. The third-order valence-corrected chi connectivity index (χ3v) is 4.47. The summed E-state index contributed by atoms with van der Waals surface area (Å²) >= 11 is 1.49. The molecule has 106 valence electrons. The van der Waals surface area contributed by atoms with Crippen molar-refractivity contribution in [3.05, 3.63) is 29.6 Å². The Morgan fingerprint density at radius 3 is 2.95 bits per heavy atom. The van der Waals surface area contributed by atoms with E-state index in [-0.39, 0.29) is 11.9 Å². The van der Waals surface area contributed by atoms with E-state index in [1.54, 1.807) is 12.1 Å². The Labute approximate surface area is 120 Å². The molecule has 5 nitrogen and oxygen atoms in total. The monoisotopic (exact) mass is 293 g/mol. The van der Waals surface area contributed by atoms with Crippen molar-refractivity contribution in [3.63, 3.8) is 0 Å². The highest BCUT2D eigenvalue weighted by Gasteiger charge is 2.28. The van der Waals surface area contributed by atoms with Gasteiger partial charge in [-0.05, 0) is 72.8 Å². The molecule has 0 bridgehead atoms. The zero-order valence-electron chi connectivity index (χ0n) is 11.4. The van der Waals surface area contributed by atoms with Crippen molar-refractivity contribution in [3.8, 4) is 0 Å². The lowest BCUT2D eigenvalue weighted by Crippen LogP contribution is -2.13. The van der Waals surface area contributed by atoms with E-state index in [1.807, 2.05) is 18.7 Å². The zero-order chi connectivity index (χ0) is 14.1. The van der Waals surface area contributed by atoms with E-state index < -0.39 is 0 Å². The molecule has 1 aromatic carbocycles. The summed E-state index contributed by atoms with van der Waals surface area (Å²) in [6, 6.07) is 5.32. The molecule has 7 heteroatoms. The lowest BCUT2D eigenvalue weighted by atomic mass is 10.1. The van der Waals surface area contributed by atoms with Crippen LogP contribution in [-0.4, -0.2) is 27.3 Å². The highest BCUT2D eigenvalue weighted by Crippen LogP contribution is 2.39. The van der Waals surface area contributed by atoms with Gasteiger partial charge in [-0.3, -0.25) is 0 Å². The minimum absolute atomic E-state index is 0.0680. The average Bonchev–Trinajstić information content (AvgIpc) is 3.20. The molecular formula is C13H16FN5S. The van der Waals surface area contributed by atoms with Gasteiger partial charge in [-0.2, -0.15) is 0 Å². The summed E-state index contributed by atoms with van der Waals surface area (Å²) in [6.07, 6.45) is 2.25. The Morgan fingerprint density at radius 1 is 1.45 bits per heavy atom. The van der Waals surface area contributed by atoms with Gasteiger partial charge in [0.1, 0.15) is 5.82 Å². The van der Waals surface area contributed by atoms with Crippen molar-refractivity contribution >= 4 is 11.8 Å². The van der Waals surface area contributed by atoms with Gasteiger partial charge in [0.15, 0.2) is 0 Å². The fraction of sp³-hybridized carbons (Fsp3) is 0.462. The predicted molar refractivity (Wildman–Crippen MR) is 74.1 cm³/mol. The van der Waals surface area contributed by atoms with Gasteiger partial charge < -0.3 is 5.32 Å². The molecule has 1 saturated carbocycles. The van der Waals surface area contributed by atoms with Crippen LogP contribution in [0.25, 0.3) is 0 Å². The van der Waals surface area contributed by atoms with Crippen molar-refractivity contribution in [2.24, 2.45) is 0 Å². The van der Waals surface area contributed by atoms with Crippen molar-refractivity contribution in [1.29, 1.82) is 0 Å². The second kappa shape index (κ2) is 5.49. The molecule has 0 spiro atoms. The molecule has 1 heterocycles. The fourth-order valence-corrected chi connectivity index (χ4v) is 3.05. The van der Waals surface area contributed by atoms with Crippen LogP contribution in [-0.2, 0) is 0 Å². The summed E-state index contributed by atoms with van der Waals surface area (Å²) < 4.78 is 15.3. The number of aromatic nitrogens is 4. The first-order valence-electron chi connectivity index (χ1n) is 6.61. The van der Waals surface area contributed by atoms with Crippen LogP contribution in [0.15, 0.2) is 28.3 Å². The molecule has 20 heavy (non-hydrogen) atoms. The van der Waals surface area contributed by atoms with E-state index in [0.29, 0.717) is 6.04 Å². The Kier molecular flexibility index (Phi) is 3.71. The number of benzene rings is 1. The number of rotatable bonds is 5. The SMILES string of the molecule is CNC(C)c1cc(F)ccc1Sc1nnnn1C1CC1. The second-order valence-corrected chi connectivity index (χ2v) is 5.94. The van der Waals surface area contributed by atoms with Crippen molar-refractivity contribution < 1.29 is 4.39 Å². The van der Waals surface area contributed by atoms with E-state index in [0.717, 1.165) is 28.5 Å². The summed E-state index contributed by atoms with van der Waals surface area (Å²) in [7, 11) is 1.86. The number of hydrogen-bond donors (Lipinski definition) is 1. The quantitative estimate of drug-likeness (QED) is 0.918. The smallest absolute Gasteiger partial charge is 0.214 e. The number of nitrogens with one attached hydrogen (secondary N) is 1. The van der Waals surface area contributed by atoms with E-state index >= 15 is 0 Å². The molecule has 1 atom stereocenters. The molecule has 1 fully saturated rings. The molecule has 3 rings (SSSR count). The first-order valence-corrected chi connectivity index (χ1v) is 7.43. The van der Waals surface area contributed by atoms with E-state index in [9.17, 15) is 4.39 Å². The van der Waals surface area contributed by atoms with Crippen LogP contribution in [0.2, 0.25) is 0 Å². The van der Waals surface area contributed by atoms with Crippen molar-refractivity contribution in [2.75, 3.05) is 7.05 Å². The lowest BCUT2D eigenvalue weighted by molar-refractivity contribution is 0.565. The standard InChI is InChI=1S/C13H16FN5S/c1-8(15-2)11-7-9(14)3-6-12(11)20-13-16-17-18-19(13)10-4-5-10/h3,6-8,10,15H,4-5H2,1-2H3. The summed E-state index contributed by atoms with van der Waals surface area (Å²) in [6.45, 7) is 2.00. The van der Waals surface area contributed by atoms with Gasteiger partial charge in [0, 0.05) is 10.9 Å². The number of tetrazole rings is 1. The van der Waals surface area contributed by atoms with Crippen LogP contribution in [0.4, 0.5) is 4.39 Å². The molecule has 0 saturated heterocycles. The summed E-state index contributed by atoms with van der Waals surface area (Å²) in [5, 5.41) is 15.8. The van der Waals surface area contributed by atoms with Crippen LogP contribution in [0.3, 0.4) is 0 Å². The van der Waals surface area contributed by atoms with Gasteiger partial charge in [-0.25, -0.2) is 9.07 Å². The zero-order valence-corrected chi connectivity index (χ0v) is 12.2. The third kappa shape index (κ3) is 2.69. The van der Waals surface area contributed by atoms with Gasteiger partial charge in [-0.15, -0.1) is 5.10 Å². The largest absolute Gasteiger partial charge is 0.313 e. The molecule has 1 N–H and O–H groups in total. The molecule has 1 aromatic heterocycles. The first kappa shape index (κ1) is 13.5. The highest BCUT2D eigenvalue weighted by molar-refractivity contribution is 7.99. The van der Waals surface area contributed by atoms with Crippen LogP contribution in [0.5, 0.6) is 0 Å². The molecular weight excluding hydrogens is 277 g/mol. The molecule has 1 aliphatic carbocycles.